The summed E-state index contributed by atoms with van der Waals surface area (Å²) < 4.78 is 5.72. The minimum Gasteiger partial charge on any atom is -0.376 e. The lowest BCUT2D eigenvalue weighted by atomic mass is 10.2. The molecule has 1 aliphatic rings. The monoisotopic (exact) mass is 238 g/mol. The molecule has 0 bridgehead atoms. The summed E-state index contributed by atoms with van der Waals surface area (Å²) in [5.41, 5.74) is 0. The summed E-state index contributed by atoms with van der Waals surface area (Å²) in [6.45, 7) is 6.53. The van der Waals surface area contributed by atoms with Crippen LogP contribution in [0.2, 0.25) is 0 Å². The van der Waals surface area contributed by atoms with Crippen LogP contribution in [0.3, 0.4) is 0 Å². The van der Waals surface area contributed by atoms with Crippen molar-refractivity contribution in [2.45, 2.75) is 45.6 Å². The highest BCUT2D eigenvalue weighted by atomic mass is 16.5. The molecule has 1 rings (SSSR count). The molecule has 1 atom stereocenters. The van der Waals surface area contributed by atoms with Gasteiger partial charge in [0, 0.05) is 32.5 Å². The SMILES string of the molecule is CC(C)COC1CCN(C(=O)CCCC#N)C1. The molecule has 1 fully saturated rings. The van der Waals surface area contributed by atoms with Gasteiger partial charge in [0.1, 0.15) is 0 Å². The standard InChI is InChI=1S/C13H22N2O2/c1-11(2)10-17-12-6-8-15(9-12)13(16)5-3-4-7-14/h11-12H,3-6,8-10H2,1-2H3. The summed E-state index contributed by atoms with van der Waals surface area (Å²) >= 11 is 0. The zero-order valence-electron chi connectivity index (χ0n) is 10.8. The maximum absolute atomic E-state index is 11.8. The fourth-order valence-electron chi connectivity index (χ4n) is 1.90. The number of unbranched alkanes of at least 4 members (excludes halogenated alkanes) is 1. The van der Waals surface area contributed by atoms with Gasteiger partial charge in [0.05, 0.1) is 12.2 Å². The van der Waals surface area contributed by atoms with Gasteiger partial charge in [0.25, 0.3) is 0 Å². The summed E-state index contributed by atoms with van der Waals surface area (Å²) in [6, 6.07) is 2.06. The van der Waals surface area contributed by atoms with E-state index in [0.717, 1.165) is 26.1 Å². The van der Waals surface area contributed by atoms with Gasteiger partial charge in [-0.2, -0.15) is 5.26 Å². The van der Waals surface area contributed by atoms with Crippen molar-refractivity contribution in [1.82, 2.24) is 4.90 Å². The molecule has 96 valence electrons. The van der Waals surface area contributed by atoms with Crippen molar-refractivity contribution in [3.05, 3.63) is 0 Å². The van der Waals surface area contributed by atoms with E-state index in [-0.39, 0.29) is 12.0 Å². The van der Waals surface area contributed by atoms with Gasteiger partial charge in [0.2, 0.25) is 5.91 Å². The highest BCUT2D eigenvalue weighted by Crippen LogP contribution is 2.15. The normalized spacial score (nSPS) is 19.6. The summed E-state index contributed by atoms with van der Waals surface area (Å²) in [4.78, 5) is 13.6. The van der Waals surface area contributed by atoms with Crippen molar-refractivity contribution in [3.8, 4) is 6.07 Å². The van der Waals surface area contributed by atoms with Crippen LogP contribution in [0.5, 0.6) is 0 Å². The van der Waals surface area contributed by atoms with Crippen LogP contribution in [0.4, 0.5) is 0 Å². The molecule has 0 aromatic rings. The first-order valence-corrected chi connectivity index (χ1v) is 6.39. The van der Waals surface area contributed by atoms with Crippen LogP contribution in [-0.4, -0.2) is 36.6 Å². The van der Waals surface area contributed by atoms with Gasteiger partial charge in [-0.1, -0.05) is 13.8 Å². The van der Waals surface area contributed by atoms with Gasteiger partial charge in [0.15, 0.2) is 0 Å². The molecule has 17 heavy (non-hydrogen) atoms. The molecule has 1 heterocycles. The number of rotatable bonds is 6. The van der Waals surface area contributed by atoms with Crippen molar-refractivity contribution in [1.29, 1.82) is 5.26 Å². The number of likely N-dealkylation sites (tertiary alicyclic amines) is 1. The number of ether oxygens (including phenoxy) is 1. The van der Waals surface area contributed by atoms with Gasteiger partial charge in [-0.05, 0) is 18.8 Å². The Kier molecular flexibility index (Phi) is 5.99. The van der Waals surface area contributed by atoms with E-state index in [0.29, 0.717) is 25.2 Å². The molecule has 1 unspecified atom stereocenters. The third kappa shape index (κ3) is 5.18. The van der Waals surface area contributed by atoms with E-state index >= 15 is 0 Å². The van der Waals surface area contributed by atoms with Gasteiger partial charge in [-0.25, -0.2) is 0 Å². The average Bonchev–Trinajstić information content (AvgIpc) is 2.75. The Balaban J connectivity index is 2.20. The minimum atomic E-state index is 0.163. The Morgan fingerprint density at radius 3 is 3.00 bits per heavy atom. The molecule has 1 saturated heterocycles. The molecule has 4 heteroatoms. The molecule has 0 aromatic carbocycles. The molecule has 0 aliphatic carbocycles. The van der Waals surface area contributed by atoms with Crippen LogP contribution in [-0.2, 0) is 9.53 Å². The summed E-state index contributed by atoms with van der Waals surface area (Å²) in [7, 11) is 0. The maximum atomic E-state index is 11.8. The van der Waals surface area contributed by atoms with Gasteiger partial charge in [-0.15, -0.1) is 0 Å². The van der Waals surface area contributed by atoms with Crippen LogP contribution in [0.15, 0.2) is 0 Å². The number of nitrogens with zero attached hydrogens (tertiary/aromatic N) is 2. The van der Waals surface area contributed by atoms with Crippen LogP contribution in [0.1, 0.15) is 39.5 Å². The van der Waals surface area contributed by atoms with Gasteiger partial charge >= 0.3 is 0 Å². The molecule has 0 saturated carbocycles. The van der Waals surface area contributed by atoms with Crippen LogP contribution in [0, 0.1) is 17.2 Å². The second-order valence-electron chi connectivity index (χ2n) is 4.99. The fraction of sp³-hybridized carbons (Fsp3) is 0.846. The number of carbonyl (C=O) groups excluding carboxylic acids is 1. The lowest BCUT2D eigenvalue weighted by Crippen LogP contribution is -2.30. The topological polar surface area (TPSA) is 53.3 Å². The molecular formula is C13H22N2O2. The maximum Gasteiger partial charge on any atom is 0.222 e. The van der Waals surface area contributed by atoms with E-state index in [1.165, 1.54) is 0 Å². The van der Waals surface area contributed by atoms with Crippen LogP contribution < -0.4 is 0 Å². The third-order valence-corrected chi connectivity index (χ3v) is 2.84. The first-order valence-electron chi connectivity index (χ1n) is 6.39. The minimum absolute atomic E-state index is 0.163. The fourth-order valence-corrected chi connectivity index (χ4v) is 1.90. The summed E-state index contributed by atoms with van der Waals surface area (Å²) in [6.07, 6.45) is 2.77. The van der Waals surface area contributed by atoms with E-state index in [9.17, 15) is 4.79 Å². The van der Waals surface area contributed by atoms with Crippen molar-refractivity contribution in [2.24, 2.45) is 5.92 Å². The number of nitriles is 1. The third-order valence-electron chi connectivity index (χ3n) is 2.84. The zero-order valence-corrected chi connectivity index (χ0v) is 10.8. The van der Waals surface area contributed by atoms with E-state index < -0.39 is 0 Å². The zero-order chi connectivity index (χ0) is 12.7. The highest BCUT2D eigenvalue weighted by molar-refractivity contribution is 5.76. The number of amides is 1. The molecule has 1 amide bonds. The van der Waals surface area contributed by atoms with E-state index in [1.807, 2.05) is 4.90 Å². The van der Waals surface area contributed by atoms with E-state index in [4.69, 9.17) is 10.00 Å². The molecule has 0 aromatic heterocycles. The largest absolute Gasteiger partial charge is 0.376 e. The van der Waals surface area contributed by atoms with Crippen LogP contribution in [0.25, 0.3) is 0 Å². The van der Waals surface area contributed by atoms with Crippen molar-refractivity contribution in [2.75, 3.05) is 19.7 Å². The Hall–Kier alpha value is -1.08. The second kappa shape index (κ2) is 7.29. The van der Waals surface area contributed by atoms with Crippen molar-refractivity contribution < 1.29 is 9.53 Å². The molecular weight excluding hydrogens is 216 g/mol. The average molecular weight is 238 g/mol. The Morgan fingerprint density at radius 1 is 1.59 bits per heavy atom. The Morgan fingerprint density at radius 2 is 2.35 bits per heavy atom. The highest BCUT2D eigenvalue weighted by Gasteiger charge is 2.26. The molecule has 0 N–H and O–H groups in total. The van der Waals surface area contributed by atoms with E-state index in [2.05, 4.69) is 19.9 Å². The van der Waals surface area contributed by atoms with Gasteiger partial charge in [-0.3, -0.25) is 4.79 Å². The summed E-state index contributed by atoms with van der Waals surface area (Å²) in [5, 5.41) is 8.41. The molecule has 0 radical (unpaired) electrons. The smallest absolute Gasteiger partial charge is 0.222 e. The quantitative estimate of drug-likeness (QED) is 0.665. The number of carbonyl (C=O) groups is 1. The van der Waals surface area contributed by atoms with Crippen molar-refractivity contribution >= 4 is 5.91 Å². The summed E-state index contributed by atoms with van der Waals surface area (Å²) in [5.74, 6) is 0.700. The second-order valence-corrected chi connectivity index (χ2v) is 4.99. The van der Waals surface area contributed by atoms with Gasteiger partial charge < -0.3 is 9.64 Å². The molecule has 0 spiro atoms. The molecule has 4 nitrogen and oxygen atoms in total. The predicted molar refractivity (Wildman–Crippen MR) is 65.2 cm³/mol. The van der Waals surface area contributed by atoms with Crippen LogP contribution >= 0.6 is 0 Å². The first-order chi connectivity index (χ1) is 8.13. The lowest BCUT2D eigenvalue weighted by Gasteiger charge is -2.17. The molecule has 1 aliphatic heterocycles. The van der Waals surface area contributed by atoms with E-state index in [1.54, 1.807) is 0 Å². The number of hydrogen-bond acceptors (Lipinski definition) is 3. The van der Waals surface area contributed by atoms with Crippen molar-refractivity contribution in [3.63, 3.8) is 0 Å². The number of hydrogen-bond donors (Lipinski definition) is 0. The Labute approximate surface area is 104 Å². The lowest BCUT2D eigenvalue weighted by molar-refractivity contribution is -0.130. The Bertz CT molecular complexity index is 284. The first kappa shape index (κ1) is 14.0. The predicted octanol–water partition coefficient (Wildman–Crippen LogP) is 1.95.